The van der Waals surface area contributed by atoms with Gasteiger partial charge in [-0.3, -0.25) is 13.9 Å². The molecule has 1 unspecified atom stereocenters. The van der Waals surface area contributed by atoms with E-state index in [4.69, 9.17) is 11.6 Å². The van der Waals surface area contributed by atoms with Gasteiger partial charge < -0.3 is 10.2 Å². The first-order valence-corrected chi connectivity index (χ1v) is 15.0. The Hall–Kier alpha value is -3.50. The number of benzene rings is 3. The van der Waals surface area contributed by atoms with E-state index in [1.54, 1.807) is 24.3 Å². The van der Waals surface area contributed by atoms with E-state index in [1.807, 2.05) is 37.3 Å². The minimum atomic E-state index is -4.10. The Morgan fingerprint density at radius 2 is 1.65 bits per heavy atom. The average Bonchev–Trinajstić information content (AvgIpc) is 2.91. The summed E-state index contributed by atoms with van der Waals surface area (Å²) in [5, 5.41) is 3.31. The van der Waals surface area contributed by atoms with Crippen LogP contribution >= 0.6 is 11.6 Å². The summed E-state index contributed by atoms with van der Waals surface area (Å²) in [5.41, 5.74) is 1.20. The third-order valence-corrected chi connectivity index (χ3v) is 7.59. The van der Waals surface area contributed by atoms with Gasteiger partial charge in [-0.05, 0) is 41.8 Å². The van der Waals surface area contributed by atoms with Gasteiger partial charge in [0.05, 0.1) is 11.9 Å². The zero-order valence-corrected chi connectivity index (χ0v) is 23.9. The maximum Gasteiger partial charge on any atom is 0.244 e. The Balaban J connectivity index is 2.04. The summed E-state index contributed by atoms with van der Waals surface area (Å²) in [7, 11) is -4.10. The van der Waals surface area contributed by atoms with Crippen molar-refractivity contribution in [2.45, 2.75) is 38.8 Å². The summed E-state index contributed by atoms with van der Waals surface area (Å²) < 4.78 is 53.7. The van der Waals surface area contributed by atoms with Crippen LogP contribution in [0.2, 0.25) is 5.02 Å². The van der Waals surface area contributed by atoms with Crippen LogP contribution in [0.3, 0.4) is 0 Å². The van der Waals surface area contributed by atoms with Gasteiger partial charge in [0.1, 0.15) is 12.6 Å². The number of hydrogen-bond donors (Lipinski definition) is 1. The summed E-state index contributed by atoms with van der Waals surface area (Å²) in [4.78, 5) is 28.7. The normalized spacial score (nSPS) is 12.0. The lowest BCUT2D eigenvalue weighted by Crippen LogP contribution is -2.53. The Morgan fingerprint density at radius 3 is 2.27 bits per heavy atom. The molecule has 3 aromatic rings. The molecule has 2 amide bonds. The Kier molecular flexibility index (Phi) is 11.0. The van der Waals surface area contributed by atoms with E-state index in [0.29, 0.717) is 27.5 Å². The molecule has 0 aliphatic heterocycles. The van der Waals surface area contributed by atoms with Crippen LogP contribution in [0.4, 0.5) is 14.5 Å². The summed E-state index contributed by atoms with van der Waals surface area (Å²) in [6.45, 7) is 1.61. The molecule has 0 saturated heterocycles. The van der Waals surface area contributed by atoms with Crippen LogP contribution in [0, 0.1) is 11.6 Å². The van der Waals surface area contributed by atoms with Gasteiger partial charge in [0.2, 0.25) is 21.8 Å². The van der Waals surface area contributed by atoms with E-state index in [9.17, 15) is 26.8 Å². The molecule has 0 aliphatic carbocycles. The zero-order valence-electron chi connectivity index (χ0n) is 22.3. The number of nitrogens with zero attached hydrogens (tertiary/aromatic N) is 2. The van der Waals surface area contributed by atoms with Crippen LogP contribution in [0.5, 0.6) is 0 Å². The quantitative estimate of drug-likeness (QED) is 0.285. The van der Waals surface area contributed by atoms with Crippen molar-refractivity contribution >= 4 is 39.1 Å². The monoisotopic (exact) mass is 591 g/mol. The molecule has 7 nitrogen and oxygen atoms in total. The molecular weight excluding hydrogens is 560 g/mol. The first-order chi connectivity index (χ1) is 19.0. The van der Waals surface area contributed by atoms with Crippen molar-refractivity contribution in [3.05, 3.63) is 101 Å². The van der Waals surface area contributed by atoms with Gasteiger partial charge in [-0.15, -0.1) is 0 Å². The van der Waals surface area contributed by atoms with Crippen molar-refractivity contribution < 1.29 is 26.8 Å². The molecule has 0 aliphatic rings. The molecule has 3 aromatic carbocycles. The van der Waals surface area contributed by atoms with Crippen LogP contribution < -0.4 is 9.62 Å². The van der Waals surface area contributed by atoms with E-state index in [1.165, 1.54) is 4.90 Å². The van der Waals surface area contributed by atoms with E-state index in [0.717, 1.165) is 36.8 Å². The van der Waals surface area contributed by atoms with E-state index < -0.39 is 46.1 Å². The van der Waals surface area contributed by atoms with E-state index in [2.05, 4.69) is 5.32 Å². The maximum absolute atomic E-state index is 14.0. The number of nitrogens with one attached hydrogen (secondary N) is 1. The van der Waals surface area contributed by atoms with Crippen molar-refractivity contribution in [2.75, 3.05) is 23.7 Å². The summed E-state index contributed by atoms with van der Waals surface area (Å²) in [6, 6.07) is 17.5. The Bertz CT molecular complexity index is 1420. The third-order valence-electron chi connectivity index (χ3n) is 6.21. The Labute approximate surface area is 238 Å². The topological polar surface area (TPSA) is 86.8 Å². The Morgan fingerprint density at radius 1 is 0.950 bits per heavy atom. The number of amides is 2. The van der Waals surface area contributed by atoms with Crippen LogP contribution in [0.25, 0.3) is 0 Å². The number of unbranched alkanes of at least 4 members (excludes halogenated alkanes) is 1. The van der Waals surface area contributed by atoms with Gasteiger partial charge in [-0.25, -0.2) is 17.2 Å². The highest BCUT2D eigenvalue weighted by atomic mass is 35.5. The lowest BCUT2D eigenvalue weighted by atomic mass is 10.0. The average molecular weight is 592 g/mol. The van der Waals surface area contributed by atoms with Gasteiger partial charge in [-0.1, -0.05) is 67.4 Å². The SMILES string of the molecule is CCCCNC(=O)C(Cc1ccccc1)N(Cc1cccc(Cl)c1)C(=O)CN(c1ccc(F)c(F)c1)S(C)(=O)=O. The van der Waals surface area contributed by atoms with Gasteiger partial charge in [-0.2, -0.15) is 0 Å². The second-order valence-electron chi connectivity index (χ2n) is 9.37. The molecule has 0 radical (unpaired) electrons. The number of sulfonamides is 1. The number of carbonyl (C=O) groups is 2. The molecule has 0 saturated carbocycles. The highest BCUT2D eigenvalue weighted by molar-refractivity contribution is 7.92. The summed E-state index contributed by atoms with van der Waals surface area (Å²) in [5.74, 6) is -3.52. The number of halogens is 3. The second-order valence-corrected chi connectivity index (χ2v) is 11.7. The molecule has 0 spiro atoms. The molecule has 1 atom stereocenters. The predicted octanol–water partition coefficient (Wildman–Crippen LogP) is 4.94. The van der Waals surface area contributed by atoms with Crippen molar-refractivity contribution in [3.63, 3.8) is 0 Å². The molecule has 0 heterocycles. The van der Waals surface area contributed by atoms with Crippen LogP contribution in [-0.4, -0.2) is 50.5 Å². The number of carbonyl (C=O) groups excluding carboxylic acids is 2. The van der Waals surface area contributed by atoms with E-state index >= 15 is 0 Å². The minimum absolute atomic E-state index is 0.0481. The smallest absolute Gasteiger partial charge is 0.244 e. The number of anilines is 1. The second kappa shape index (κ2) is 14.2. The van der Waals surface area contributed by atoms with E-state index in [-0.39, 0.29) is 18.7 Å². The molecule has 3 rings (SSSR count). The first kappa shape index (κ1) is 31.0. The van der Waals surface area contributed by atoms with Crippen molar-refractivity contribution in [3.8, 4) is 0 Å². The maximum atomic E-state index is 14.0. The van der Waals surface area contributed by atoms with Gasteiger partial charge >= 0.3 is 0 Å². The predicted molar refractivity (Wildman–Crippen MR) is 152 cm³/mol. The molecule has 0 fully saturated rings. The fraction of sp³-hybridized carbons (Fsp3) is 0.310. The number of hydrogen-bond acceptors (Lipinski definition) is 4. The van der Waals surface area contributed by atoms with Crippen molar-refractivity contribution in [2.24, 2.45) is 0 Å². The van der Waals surface area contributed by atoms with Crippen LogP contribution in [0.15, 0.2) is 72.8 Å². The molecule has 11 heteroatoms. The van der Waals surface area contributed by atoms with Gasteiger partial charge in [0, 0.05) is 30.6 Å². The standard InChI is InChI=1S/C29H32ClF2N3O4S/c1-3-4-15-33-29(37)27(17-21-9-6-5-7-10-21)34(19-22-11-8-12-23(30)16-22)28(36)20-35(40(2,38)39)24-13-14-25(31)26(32)18-24/h5-14,16,18,27H,3-4,15,17,19-20H2,1-2H3,(H,33,37). The molecule has 0 bridgehead atoms. The third kappa shape index (κ3) is 8.76. The van der Waals surface area contributed by atoms with Crippen molar-refractivity contribution in [1.29, 1.82) is 0 Å². The van der Waals surface area contributed by atoms with Gasteiger partial charge in [0.25, 0.3) is 0 Å². The van der Waals surface area contributed by atoms with Crippen LogP contribution in [-0.2, 0) is 32.6 Å². The van der Waals surface area contributed by atoms with Crippen LogP contribution in [0.1, 0.15) is 30.9 Å². The number of rotatable bonds is 13. The molecular formula is C29H32ClF2N3O4S. The summed E-state index contributed by atoms with van der Waals surface area (Å²) >= 11 is 6.18. The summed E-state index contributed by atoms with van der Waals surface area (Å²) in [6.07, 6.45) is 2.62. The zero-order chi connectivity index (χ0) is 29.3. The highest BCUT2D eigenvalue weighted by Crippen LogP contribution is 2.23. The largest absolute Gasteiger partial charge is 0.354 e. The fourth-order valence-electron chi connectivity index (χ4n) is 4.15. The molecule has 0 aromatic heterocycles. The molecule has 40 heavy (non-hydrogen) atoms. The van der Waals surface area contributed by atoms with Gasteiger partial charge in [0.15, 0.2) is 11.6 Å². The fourth-order valence-corrected chi connectivity index (χ4v) is 5.20. The minimum Gasteiger partial charge on any atom is -0.354 e. The lowest BCUT2D eigenvalue weighted by molar-refractivity contribution is -0.140. The highest BCUT2D eigenvalue weighted by Gasteiger charge is 2.33. The molecule has 1 N–H and O–H groups in total. The van der Waals surface area contributed by atoms with Crippen molar-refractivity contribution in [1.82, 2.24) is 10.2 Å². The molecule has 214 valence electrons. The first-order valence-electron chi connectivity index (χ1n) is 12.8. The lowest BCUT2D eigenvalue weighted by Gasteiger charge is -2.33.